The third kappa shape index (κ3) is 4.12. The van der Waals surface area contributed by atoms with Gasteiger partial charge >= 0.3 is 0 Å². The van der Waals surface area contributed by atoms with Gasteiger partial charge in [0.15, 0.2) is 5.76 Å². The van der Waals surface area contributed by atoms with E-state index in [1.807, 2.05) is 55.1 Å². The minimum atomic E-state index is -0.311. The van der Waals surface area contributed by atoms with E-state index in [9.17, 15) is 4.79 Å². The SMILES string of the molecule is COc1cccc(Cn2nc(C)c(NC(=O)c3ccc(Cn4cccn4)o3)c2C)c1. The van der Waals surface area contributed by atoms with Gasteiger partial charge in [-0.05, 0) is 49.7 Å². The van der Waals surface area contributed by atoms with Crippen molar-refractivity contribution >= 4 is 11.6 Å². The van der Waals surface area contributed by atoms with Crippen molar-refractivity contribution in [3.63, 3.8) is 0 Å². The molecule has 0 aliphatic heterocycles. The molecule has 0 aliphatic carbocycles. The number of hydrogen-bond acceptors (Lipinski definition) is 5. The van der Waals surface area contributed by atoms with E-state index in [1.165, 1.54) is 0 Å². The van der Waals surface area contributed by atoms with E-state index in [-0.39, 0.29) is 11.7 Å². The van der Waals surface area contributed by atoms with E-state index >= 15 is 0 Å². The van der Waals surface area contributed by atoms with Crippen LogP contribution in [-0.2, 0) is 13.1 Å². The van der Waals surface area contributed by atoms with Crippen LogP contribution in [0.4, 0.5) is 5.69 Å². The smallest absolute Gasteiger partial charge is 0.291 e. The standard InChI is InChI=1S/C22H23N5O3/c1-15-21(16(2)27(25-15)13-17-6-4-7-18(12-17)29-3)24-22(28)20-9-8-19(30-20)14-26-11-5-10-23-26/h4-12H,13-14H2,1-3H3,(H,24,28). The fourth-order valence-corrected chi connectivity index (χ4v) is 3.29. The van der Waals surface area contributed by atoms with E-state index < -0.39 is 0 Å². The van der Waals surface area contributed by atoms with Gasteiger partial charge in [-0.2, -0.15) is 10.2 Å². The van der Waals surface area contributed by atoms with E-state index in [4.69, 9.17) is 9.15 Å². The molecule has 1 amide bonds. The predicted molar refractivity (Wildman–Crippen MR) is 112 cm³/mol. The highest BCUT2D eigenvalue weighted by atomic mass is 16.5. The molecule has 8 heteroatoms. The number of aryl methyl sites for hydroxylation is 1. The topological polar surface area (TPSA) is 87.1 Å². The fourth-order valence-electron chi connectivity index (χ4n) is 3.29. The molecule has 1 aromatic carbocycles. The van der Waals surface area contributed by atoms with Gasteiger partial charge in [0.05, 0.1) is 37.3 Å². The lowest BCUT2D eigenvalue weighted by Crippen LogP contribution is -2.12. The summed E-state index contributed by atoms with van der Waals surface area (Å²) < 4.78 is 14.6. The first-order valence-electron chi connectivity index (χ1n) is 9.58. The molecule has 0 aliphatic rings. The molecule has 154 valence electrons. The molecule has 0 radical (unpaired) electrons. The van der Waals surface area contributed by atoms with E-state index in [0.29, 0.717) is 24.5 Å². The van der Waals surface area contributed by atoms with Gasteiger partial charge in [-0.3, -0.25) is 14.2 Å². The summed E-state index contributed by atoms with van der Waals surface area (Å²) in [7, 11) is 1.64. The predicted octanol–water partition coefficient (Wildman–Crippen LogP) is 3.65. The van der Waals surface area contributed by atoms with Gasteiger partial charge in [-0.25, -0.2) is 0 Å². The Morgan fingerprint density at radius 2 is 2.03 bits per heavy atom. The largest absolute Gasteiger partial charge is 0.497 e. The quantitative estimate of drug-likeness (QED) is 0.507. The van der Waals surface area contributed by atoms with Crippen molar-refractivity contribution in [3.05, 3.63) is 83.3 Å². The summed E-state index contributed by atoms with van der Waals surface area (Å²) in [5.74, 6) is 1.39. The van der Waals surface area contributed by atoms with Crippen LogP contribution in [-0.4, -0.2) is 32.6 Å². The number of ether oxygens (including phenoxy) is 1. The highest BCUT2D eigenvalue weighted by Crippen LogP contribution is 2.23. The lowest BCUT2D eigenvalue weighted by molar-refractivity contribution is 0.0994. The lowest BCUT2D eigenvalue weighted by atomic mass is 10.2. The monoisotopic (exact) mass is 405 g/mol. The number of benzene rings is 1. The van der Waals surface area contributed by atoms with Gasteiger partial charge in [0, 0.05) is 12.4 Å². The van der Waals surface area contributed by atoms with Crippen molar-refractivity contribution in [1.29, 1.82) is 0 Å². The first-order chi connectivity index (χ1) is 14.5. The number of hydrogen-bond donors (Lipinski definition) is 1. The Morgan fingerprint density at radius 3 is 2.80 bits per heavy atom. The molecule has 3 aromatic heterocycles. The second kappa shape index (κ2) is 8.28. The van der Waals surface area contributed by atoms with Crippen LogP contribution in [0.2, 0.25) is 0 Å². The number of methoxy groups -OCH3 is 1. The molecule has 4 rings (SSSR count). The molecule has 4 aromatic rings. The minimum absolute atomic E-state index is 0.247. The highest BCUT2D eigenvalue weighted by Gasteiger charge is 2.18. The minimum Gasteiger partial charge on any atom is -0.497 e. The molecular weight excluding hydrogens is 382 g/mol. The molecule has 0 saturated heterocycles. The summed E-state index contributed by atoms with van der Waals surface area (Å²) in [5.41, 5.74) is 3.36. The number of furan rings is 1. The molecule has 0 spiro atoms. The van der Waals surface area contributed by atoms with Crippen LogP contribution in [0.25, 0.3) is 0 Å². The van der Waals surface area contributed by atoms with Crippen LogP contribution in [0.15, 0.2) is 59.3 Å². The van der Waals surface area contributed by atoms with Crippen molar-refractivity contribution < 1.29 is 13.9 Å². The maximum absolute atomic E-state index is 12.7. The highest BCUT2D eigenvalue weighted by molar-refractivity contribution is 6.02. The Balaban J connectivity index is 1.48. The Hall–Kier alpha value is -3.81. The van der Waals surface area contributed by atoms with Crippen molar-refractivity contribution in [1.82, 2.24) is 19.6 Å². The maximum Gasteiger partial charge on any atom is 0.291 e. The zero-order chi connectivity index (χ0) is 21.1. The summed E-state index contributed by atoms with van der Waals surface area (Å²) in [4.78, 5) is 12.7. The average Bonchev–Trinajstić information content (AvgIpc) is 3.48. The third-order valence-electron chi connectivity index (χ3n) is 4.85. The second-order valence-electron chi connectivity index (χ2n) is 6.98. The summed E-state index contributed by atoms with van der Waals surface area (Å²) in [5, 5.41) is 11.7. The molecule has 8 nitrogen and oxygen atoms in total. The molecule has 0 atom stereocenters. The maximum atomic E-state index is 12.7. The summed E-state index contributed by atoms with van der Waals surface area (Å²) >= 11 is 0. The Labute approximate surface area is 174 Å². The molecule has 30 heavy (non-hydrogen) atoms. The van der Waals surface area contributed by atoms with Gasteiger partial charge < -0.3 is 14.5 Å². The second-order valence-corrected chi connectivity index (χ2v) is 6.98. The van der Waals surface area contributed by atoms with E-state index in [2.05, 4.69) is 15.5 Å². The Kier molecular flexibility index (Phi) is 5.38. The number of nitrogens with zero attached hydrogens (tertiary/aromatic N) is 4. The number of aromatic nitrogens is 4. The first kappa shape index (κ1) is 19.5. The first-order valence-corrected chi connectivity index (χ1v) is 9.58. The third-order valence-corrected chi connectivity index (χ3v) is 4.85. The number of nitrogens with one attached hydrogen (secondary N) is 1. The summed E-state index contributed by atoms with van der Waals surface area (Å²) in [6.45, 7) is 4.85. The van der Waals surface area contributed by atoms with Gasteiger partial charge in [0.1, 0.15) is 11.5 Å². The summed E-state index contributed by atoms with van der Waals surface area (Å²) in [6, 6.07) is 13.1. The van der Waals surface area contributed by atoms with Crippen LogP contribution < -0.4 is 10.1 Å². The number of carbonyl (C=O) groups excluding carboxylic acids is 1. The van der Waals surface area contributed by atoms with Gasteiger partial charge in [0.25, 0.3) is 5.91 Å². The van der Waals surface area contributed by atoms with Gasteiger partial charge in [0.2, 0.25) is 0 Å². The lowest BCUT2D eigenvalue weighted by Gasteiger charge is -2.08. The normalized spacial score (nSPS) is 10.9. The molecule has 0 unspecified atom stereocenters. The Morgan fingerprint density at radius 1 is 1.17 bits per heavy atom. The van der Waals surface area contributed by atoms with Crippen molar-refractivity contribution in [2.75, 3.05) is 12.4 Å². The molecule has 0 fully saturated rings. The molecular formula is C22H23N5O3. The number of carbonyl (C=O) groups is 1. The van der Waals surface area contributed by atoms with E-state index in [0.717, 1.165) is 22.7 Å². The van der Waals surface area contributed by atoms with Crippen molar-refractivity contribution in [2.45, 2.75) is 26.9 Å². The summed E-state index contributed by atoms with van der Waals surface area (Å²) in [6.07, 6.45) is 3.54. The molecule has 0 bridgehead atoms. The average molecular weight is 405 g/mol. The van der Waals surface area contributed by atoms with Crippen molar-refractivity contribution in [3.8, 4) is 5.75 Å². The fraction of sp³-hybridized carbons (Fsp3) is 0.227. The molecule has 3 heterocycles. The molecule has 1 N–H and O–H groups in total. The van der Waals surface area contributed by atoms with Gasteiger partial charge in [-0.1, -0.05) is 12.1 Å². The van der Waals surface area contributed by atoms with Crippen LogP contribution in [0.1, 0.15) is 33.3 Å². The number of anilines is 1. The van der Waals surface area contributed by atoms with Gasteiger partial charge in [-0.15, -0.1) is 0 Å². The zero-order valence-electron chi connectivity index (χ0n) is 17.1. The number of amides is 1. The zero-order valence-corrected chi connectivity index (χ0v) is 17.1. The van der Waals surface area contributed by atoms with Crippen LogP contribution in [0, 0.1) is 13.8 Å². The molecule has 0 saturated carbocycles. The Bertz CT molecular complexity index is 1160. The number of rotatable bonds is 7. The van der Waals surface area contributed by atoms with Crippen LogP contribution in [0.3, 0.4) is 0 Å². The van der Waals surface area contributed by atoms with Crippen LogP contribution >= 0.6 is 0 Å². The van der Waals surface area contributed by atoms with E-state index in [1.54, 1.807) is 30.1 Å². The van der Waals surface area contributed by atoms with Crippen LogP contribution in [0.5, 0.6) is 5.75 Å². The van der Waals surface area contributed by atoms with Crippen molar-refractivity contribution in [2.24, 2.45) is 0 Å².